The Morgan fingerprint density at radius 2 is 1.30 bits per heavy atom. The van der Waals surface area contributed by atoms with Crippen molar-refractivity contribution in [3.05, 3.63) is 89.9 Å². The summed E-state index contributed by atoms with van der Waals surface area (Å²) in [5.41, 5.74) is 1.46. The average Bonchev–Trinajstić information content (AvgIpc) is 3.26. The highest BCUT2D eigenvalue weighted by atomic mass is 32.1. The summed E-state index contributed by atoms with van der Waals surface area (Å²) in [6.07, 6.45) is 1.59. The number of benzene rings is 2. The Morgan fingerprint density at radius 3 is 1.70 bits per heavy atom. The number of ether oxygens (including phenoxy) is 1. The van der Waals surface area contributed by atoms with Crippen LogP contribution >= 0.6 is 24.4 Å². The molecule has 2 N–H and O–H groups in total. The molecular formula is C27H36O4S2. The molecule has 0 aliphatic heterocycles. The van der Waals surface area contributed by atoms with Crippen LogP contribution < -0.4 is 0 Å². The maximum Gasteiger partial charge on any atom is 0.191 e. The van der Waals surface area contributed by atoms with Gasteiger partial charge in [0.1, 0.15) is 18.1 Å². The zero-order chi connectivity index (χ0) is 25.2. The van der Waals surface area contributed by atoms with Crippen LogP contribution in [-0.4, -0.2) is 20.3 Å². The van der Waals surface area contributed by atoms with Crippen molar-refractivity contribution in [2.24, 2.45) is 11.8 Å². The van der Waals surface area contributed by atoms with Crippen LogP contribution in [0.2, 0.25) is 0 Å². The van der Waals surface area contributed by atoms with Gasteiger partial charge in [0.2, 0.25) is 0 Å². The molecule has 0 spiro atoms. The molecule has 0 aliphatic rings. The molecule has 1 aromatic heterocycles. The molecule has 0 saturated heterocycles. The van der Waals surface area contributed by atoms with Gasteiger partial charge in [-0.15, -0.1) is 0 Å². The number of thiocarbonyl (C=S) groups is 2. The Morgan fingerprint density at radius 1 is 0.788 bits per heavy atom. The van der Waals surface area contributed by atoms with Crippen molar-refractivity contribution in [3.63, 3.8) is 0 Å². The monoisotopic (exact) mass is 488 g/mol. The molecule has 0 aliphatic carbocycles. The molecule has 0 radical (unpaired) electrons. The fourth-order valence-electron chi connectivity index (χ4n) is 1.79. The summed E-state index contributed by atoms with van der Waals surface area (Å²) in [5.74, 6) is 2.60. The largest absolute Gasteiger partial charge is 0.508 e. The van der Waals surface area contributed by atoms with Gasteiger partial charge in [0, 0.05) is 11.1 Å². The van der Waals surface area contributed by atoms with E-state index in [-0.39, 0.29) is 10.8 Å². The molecule has 0 atom stereocenters. The maximum atomic E-state index is 9.12. The summed E-state index contributed by atoms with van der Waals surface area (Å²) in [4.78, 5) is 0. The molecular weight excluding hydrogens is 452 g/mol. The molecule has 180 valence electrons. The normalized spacial score (nSPS) is 9.45. The summed E-state index contributed by atoms with van der Waals surface area (Å²) in [7, 11) is 0. The van der Waals surface area contributed by atoms with Crippen LogP contribution in [0.25, 0.3) is 0 Å². The molecule has 1 heterocycles. The van der Waals surface area contributed by atoms with Crippen LogP contribution in [0.15, 0.2) is 77.4 Å². The van der Waals surface area contributed by atoms with Gasteiger partial charge in [-0.1, -0.05) is 71.9 Å². The summed E-state index contributed by atoms with van der Waals surface area (Å²) in [5, 5.41) is 18.2. The van der Waals surface area contributed by atoms with Crippen molar-refractivity contribution in [1.29, 1.82) is 0 Å². The molecule has 2 aromatic carbocycles. The SMILES string of the molecule is CC(C)C.CC(C)C.OC(=S)c1ccccc1.Oc1ccc(C(=S)OCc2ccco2)cc1. The van der Waals surface area contributed by atoms with Gasteiger partial charge in [0.25, 0.3) is 0 Å². The lowest BCUT2D eigenvalue weighted by molar-refractivity contribution is 0.265. The number of phenols is 1. The van der Waals surface area contributed by atoms with Gasteiger partial charge in [0.15, 0.2) is 10.1 Å². The van der Waals surface area contributed by atoms with E-state index in [2.05, 4.69) is 53.8 Å². The quantitative estimate of drug-likeness (QED) is 0.362. The molecule has 33 heavy (non-hydrogen) atoms. The molecule has 4 nitrogen and oxygen atoms in total. The summed E-state index contributed by atoms with van der Waals surface area (Å²) in [6.45, 7) is 13.3. The highest BCUT2D eigenvalue weighted by Gasteiger charge is 2.04. The Bertz CT molecular complexity index is 876. The zero-order valence-corrected chi connectivity index (χ0v) is 22.0. The number of aliphatic hydroxyl groups is 1. The van der Waals surface area contributed by atoms with E-state index in [4.69, 9.17) is 31.6 Å². The van der Waals surface area contributed by atoms with Crippen LogP contribution in [-0.2, 0) is 11.3 Å². The van der Waals surface area contributed by atoms with Crippen molar-refractivity contribution in [2.45, 2.75) is 48.1 Å². The molecule has 0 amide bonds. The first-order valence-corrected chi connectivity index (χ1v) is 11.6. The number of furan rings is 1. The fraction of sp³-hybridized carbons (Fsp3) is 0.333. The lowest BCUT2D eigenvalue weighted by Crippen LogP contribution is -2.02. The second kappa shape index (κ2) is 17.8. The average molecular weight is 489 g/mol. The topological polar surface area (TPSA) is 62.8 Å². The third-order valence-electron chi connectivity index (χ3n) is 3.05. The van der Waals surface area contributed by atoms with Crippen LogP contribution in [0.5, 0.6) is 5.75 Å². The Hall–Kier alpha value is -2.70. The van der Waals surface area contributed by atoms with Gasteiger partial charge in [-0.2, -0.15) is 0 Å². The first-order valence-electron chi connectivity index (χ1n) is 10.8. The van der Waals surface area contributed by atoms with Gasteiger partial charge < -0.3 is 19.4 Å². The van der Waals surface area contributed by atoms with Gasteiger partial charge in [-0.25, -0.2) is 0 Å². The van der Waals surface area contributed by atoms with Crippen molar-refractivity contribution in [1.82, 2.24) is 0 Å². The number of aromatic hydroxyl groups is 1. The summed E-state index contributed by atoms with van der Waals surface area (Å²) < 4.78 is 10.5. The van der Waals surface area contributed by atoms with E-state index < -0.39 is 0 Å². The maximum absolute atomic E-state index is 9.12. The van der Waals surface area contributed by atoms with E-state index in [9.17, 15) is 0 Å². The Balaban J connectivity index is 0.000000506. The third-order valence-corrected chi connectivity index (χ3v) is 3.64. The van der Waals surface area contributed by atoms with Crippen LogP contribution in [0.3, 0.4) is 0 Å². The number of hydrogen-bond acceptors (Lipinski definition) is 5. The predicted octanol–water partition coefficient (Wildman–Crippen LogP) is 8.12. The summed E-state index contributed by atoms with van der Waals surface area (Å²) >= 11 is 9.61. The highest BCUT2D eigenvalue weighted by Crippen LogP contribution is 2.12. The second-order valence-corrected chi connectivity index (χ2v) is 9.10. The number of hydrogen-bond donors (Lipinski definition) is 2. The number of aliphatic hydroxyl groups excluding tert-OH is 1. The van der Waals surface area contributed by atoms with Gasteiger partial charge in [-0.05, 0) is 72.7 Å². The van der Waals surface area contributed by atoms with E-state index in [1.807, 2.05) is 24.3 Å². The Labute approximate surface area is 209 Å². The zero-order valence-electron chi connectivity index (χ0n) is 20.3. The van der Waals surface area contributed by atoms with E-state index in [1.165, 1.54) is 0 Å². The minimum atomic E-state index is -0.0457. The Kier molecular flexibility index (Phi) is 16.4. The molecule has 3 aromatic rings. The van der Waals surface area contributed by atoms with Gasteiger partial charge in [0.05, 0.1) is 6.26 Å². The minimum absolute atomic E-state index is 0.0457. The molecule has 3 rings (SSSR count). The fourth-order valence-corrected chi connectivity index (χ4v) is 2.12. The third kappa shape index (κ3) is 17.5. The first-order chi connectivity index (χ1) is 15.5. The van der Waals surface area contributed by atoms with Crippen molar-refractivity contribution < 1.29 is 19.4 Å². The second-order valence-electron chi connectivity index (χ2n) is 8.34. The smallest absolute Gasteiger partial charge is 0.191 e. The first kappa shape index (κ1) is 30.3. The van der Waals surface area contributed by atoms with Crippen LogP contribution in [0.1, 0.15) is 58.4 Å². The van der Waals surface area contributed by atoms with E-state index in [0.29, 0.717) is 17.2 Å². The van der Waals surface area contributed by atoms with E-state index in [0.717, 1.165) is 23.2 Å². The molecule has 0 unspecified atom stereocenters. The molecule has 6 heteroatoms. The van der Waals surface area contributed by atoms with Gasteiger partial charge >= 0.3 is 0 Å². The lowest BCUT2D eigenvalue weighted by Gasteiger charge is -2.05. The minimum Gasteiger partial charge on any atom is -0.508 e. The van der Waals surface area contributed by atoms with Crippen molar-refractivity contribution in [2.75, 3.05) is 0 Å². The number of phenolic OH excluding ortho intramolecular Hbond substituents is 1. The molecule has 0 bridgehead atoms. The molecule has 0 fully saturated rings. The number of rotatable bonds is 4. The van der Waals surface area contributed by atoms with E-state index in [1.54, 1.807) is 48.7 Å². The predicted molar refractivity (Wildman–Crippen MR) is 145 cm³/mol. The highest BCUT2D eigenvalue weighted by molar-refractivity contribution is 7.80. The van der Waals surface area contributed by atoms with Crippen molar-refractivity contribution in [3.8, 4) is 5.75 Å². The van der Waals surface area contributed by atoms with Crippen LogP contribution in [0.4, 0.5) is 0 Å². The van der Waals surface area contributed by atoms with E-state index >= 15 is 0 Å². The van der Waals surface area contributed by atoms with Gasteiger partial charge in [-0.3, -0.25) is 0 Å². The standard InChI is InChI=1S/C12H10O3S.C7H6OS.2C4H10/c13-10-5-3-9(4-6-10)12(16)15-8-11-2-1-7-14-11;8-7(9)6-4-2-1-3-5-6;2*1-4(2)3/h1-7,13H,8H2;1-5H,(H,8,9);2*4H,1-3H3. The molecule has 0 saturated carbocycles. The van der Waals surface area contributed by atoms with Crippen molar-refractivity contribution >= 4 is 34.5 Å². The lowest BCUT2D eigenvalue weighted by atomic mass is 10.2. The van der Waals surface area contributed by atoms with Crippen LogP contribution in [0, 0.1) is 11.8 Å². The summed E-state index contributed by atoms with van der Waals surface area (Å²) in [6, 6.07) is 19.2.